The zero-order valence-electron chi connectivity index (χ0n) is 12.0. The van der Waals surface area contributed by atoms with E-state index in [1.54, 1.807) is 24.3 Å². The quantitative estimate of drug-likeness (QED) is 0.794. The maximum Gasteiger partial charge on any atom is 0.262 e. The number of nitrogens with zero attached hydrogens (tertiary/aromatic N) is 1. The van der Waals surface area contributed by atoms with Gasteiger partial charge in [-0.05, 0) is 31.5 Å². The van der Waals surface area contributed by atoms with Gasteiger partial charge in [0.05, 0.1) is 11.1 Å². The lowest BCUT2D eigenvalue weighted by Gasteiger charge is -2.15. The number of imide groups is 1. The highest BCUT2D eigenvalue weighted by atomic mass is 35.5. The van der Waals surface area contributed by atoms with Gasteiger partial charge in [0.1, 0.15) is 6.54 Å². The van der Waals surface area contributed by atoms with Crippen molar-refractivity contribution in [2.75, 3.05) is 19.6 Å². The van der Waals surface area contributed by atoms with Gasteiger partial charge in [0.15, 0.2) is 0 Å². The fourth-order valence-corrected chi connectivity index (χ4v) is 2.75. The monoisotopic (exact) mass is 323 g/mol. The molecule has 6 nitrogen and oxygen atoms in total. The summed E-state index contributed by atoms with van der Waals surface area (Å²) in [4.78, 5) is 37.1. The van der Waals surface area contributed by atoms with E-state index in [0.29, 0.717) is 17.7 Å². The van der Waals surface area contributed by atoms with Gasteiger partial charge >= 0.3 is 0 Å². The molecule has 0 aliphatic carbocycles. The Bertz CT molecular complexity index is 564. The molecule has 0 radical (unpaired) electrons. The Labute approximate surface area is 134 Å². The number of hydrogen-bond donors (Lipinski definition) is 2. The lowest BCUT2D eigenvalue weighted by Crippen LogP contribution is -2.44. The van der Waals surface area contributed by atoms with Crippen LogP contribution in [0.5, 0.6) is 0 Å². The van der Waals surface area contributed by atoms with Crippen LogP contribution in [0, 0.1) is 0 Å². The highest BCUT2D eigenvalue weighted by Crippen LogP contribution is 2.21. The number of benzene rings is 1. The molecule has 0 bridgehead atoms. The average molecular weight is 324 g/mol. The standard InChI is InChI=1S/C15H17N3O3.ClH/c19-13(17-8-10-4-3-7-16-10)9-18-14(20)11-5-1-2-6-12(11)15(18)21;/h1-2,5-6,10,16H,3-4,7-9H2,(H,17,19);1H. The van der Waals surface area contributed by atoms with Crippen molar-refractivity contribution in [2.24, 2.45) is 0 Å². The lowest BCUT2D eigenvalue weighted by molar-refractivity contribution is -0.121. The van der Waals surface area contributed by atoms with E-state index in [4.69, 9.17) is 0 Å². The smallest absolute Gasteiger partial charge is 0.262 e. The molecule has 2 heterocycles. The van der Waals surface area contributed by atoms with Gasteiger partial charge < -0.3 is 10.6 Å². The summed E-state index contributed by atoms with van der Waals surface area (Å²) in [6.45, 7) is 1.28. The average Bonchev–Trinajstić information content (AvgIpc) is 3.09. The molecule has 7 heteroatoms. The van der Waals surface area contributed by atoms with Crippen LogP contribution in [-0.4, -0.2) is 48.3 Å². The van der Waals surface area contributed by atoms with Crippen molar-refractivity contribution < 1.29 is 14.4 Å². The number of fused-ring (bicyclic) bond motifs is 1. The van der Waals surface area contributed by atoms with E-state index in [1.165, 1.54) is 0 Å². The van der Waals surface area contributed by atoms with Crippen LogP contribution in [0.1, 0.15) is 33.6 Å². The summed E-state index contributed by atoms with van der Waals surface area (Å²) >= 11 is 0. The second kappa shape index (κ2) is 6.89. The minimum atomic E-state index is -0.398. The highest BCUT2D eigenvalue weighted by molar-refractivity contribution is 6.22. The molecule has 1 unspecified atom stereocenters. The van der Waals surface area contributed by atoms with Crippen LogP contribution in [0.25, 0.3) is 0 Å². The molecule has 0 aromatic heterocycles. The molecule has 2 aliphatic rings. The van der Waals surface area contributed by atoms with Crippen molar-refractivity contribution in [1.29, 1.82) is 0 Å². The van der Waals surface area contributed by atoms with Crippen molar-refractivity contribution in [1.82, 2.24) is 15.5 Å². The van der Waals surface area contributed by atoms with Gasteiger partial charge in [0.25, 0.3) is 11.8 Å². The zero-order valence-corrected chi connectivity index (χ0v) is 12.8. The van der Waals surface area contributed by atoms with Crippen molar-refractivity contribution in [2.45, 2.75) is 18.9 Å². The number of halogens is 1. The molecule has 1 saturated heterocycles. The first kappa shape index (κ1) is 16.5. The second-order valence-corrected chi connectivity index (χ2v) is 5.34. The molecular weight excluding hydrogens is 306 g/mol. The molecule has 1 aromatic rings. The van der Waals surface area contributed by atoms with Crippen LogP contribution >= 0.6 is 12.4 Å². The topological polar surface area (TPSA) is 78.5 Å². The number of carbonyl (C=O) groups is 3. The Balaban J connectivity index is 0.00000176. The number of rotatable bonds is 4. The fourth-order valence-electron chi connectivity index (χ4n) is 2.75. The molecular formula is C15H18ClN3O3. The number of nitrogens with one attached hydrogen (secondary N) is 2. The van der Waals surface area contributed by atoms with E-state index in [9.17, 15) is 14.4 Å². The van der Waals surface area contributed by atoms with E-state index < -0.39 is 11.8 Å². The maximum atomic E-state index is 12.1. The zero-order chi connectivity index (χ0) is 14.8. The molecule has 1 fully saturated rings. The predicted molar refractivity (Wildman–Crippen MR) is 83.1 cm³/mol. The number of carbonyl (C=O) groups excluding carboxylic acids is 3. The Morgan fingerprint density at radius 1 is 1.23 bits per heavy atom. The van der Waals surface area contributed by atoms with Crippen LogP contribution in [0.2, 0.25) is 0 Å². The van der Waals surface area contributed by atoms with Gasteiger partial charge in [-0.1, -0.05) is 12.1 Å². The molecule has 1 atom stereocenters. The Morgan fingerprint density at radius 3 is 2.41 bits per heavy atom. The molecule has 0 spiro atoms. The first-order valence-corrected chi connectivity index (χ1v) is 7.12. The van der Waals surface area contributed by atoms with Crippen molar-refractivity contribution in [3.63, 3.8) is 0 Å². The van der Waals surface area contributed by atoms with E-state index in [0.717, 1.165) is 24.3 Å². The first-order chi connectivity index (χ1) is 10.2. The third-order valence-electron chi connectivity index (χ3n) is 3.89. The highest BCUT2D eigenvalue weighted by Gasteiger charge is 2.36. The molecule has 0 saturated carbocycles. The number of amides is 3. The second-order valence-electron chi connectivity index (χ2n) is 5.34. The van der Waals surface area contributed by atoms with Crippen LogP contribution < -0.4 is 10.6 Å². The fraction of sp³-hybridized carbons (Fsp3) is 0.400. The van der Waals surface area contributed by atoms with E-state index in [2.05, 4.69) is 10.6 Å². The normalized spacial score (nSPS) is 19.8. The van der Waals surface area contributed by atoms with Gasteiger partial charge in [0, 0.05) is 12.6 Å². The molecule has 3 rings (SSSR count). The van der Waals surface area contributed by atoms with Gasteiger partial charge in [-0.2, -0.15) is 0 Å². The van der Waals surface area contributed by atoms with Crippen molar-refractivity contribution >= 4 is 30.1 Å². The minimum absolute atomic E-state index is 0. The summed E-state index contributed by atoms with van der Waals surface area (Å²) in [6.07, 6.45) is 2.15. The molecule has 22 heavy (non-hydrogen) atoms. The minimum Gasteiger partial charge on any atom is -0.353 e. The van der Waals surface area contributed by atoms with Gasteiger partial charge in [-0.15, -0.1) is 12.4 Å². The largest absolute Gasteiger partial charge is 0.353 e. The maximum absolute atomic E-state index is 12.1. The molecule has 1 aromatic carbocycles. The first-order valence-electron chi connectivity index (χ1n) is 7.12. The summed E-state index contributed by atoms with van der Waals surface area (Å²) in [5.74, 6) is -1.10. The van der Waals surface area contributed by atoms with Crippen molar-refractivity contribution in [3.8, 4) is 0 Å². The third kappa shape index (κ3) is 3.13. The van der Waals surface area contributed by atoms with E-state index in [1.807, 2.05) is 0 Å². The third-order valence-corrected chi connectivity index (χ3v) is 3.89. The Hall–Kier alpha value is -1.92. The summed E-state index contributed by atoms with van der Waals surface area (Å²) in [5.41, 5.74) is 0.737. The van der Waals surface area contributed by atoms with Crippen LogP contribution in [-0.2, 0) is 4.79 Å². The van der Waals surface area contributed by atoms with Crippen LogP contribution in [0.3, 0.4) is 0 Å². The van der Waals surface area contributed by atoms with Crippen molar-refractivity contribution in [3.05, 3.63) is 35.4 Å². The molecule has 2 N–H and O–H groups in total. The lowest BCUT2D eigenvalue weighted by atomic mass is 10.1. The number of hydrogen-bond acceptors (Lipinski definition) is 4. The predicted octanol–water partition coefficient (Wildman–Crippen LogP) is 0.573. The summed E-state index contributed by atoms with van der Waals surface area (Å²) in [7, 11) is 0. The summed E-state index contributed by atoms with van der Waals surface area (Å²) in [6, 6.07) is 6.92. The summed E-state index contributed by atoms with van der Waals surface area (Å²) < 4.78 is 0. The molecule has 118 valence electrons. The van der Waals surface area contributed by atoms with Crippen LogP contribution in [0.15, 0.2) is 24.3 Å². The van der Waals surface area contributed by atoms with E-state index in [-0.39, 0.29) is 30.9 Å². The Morgan fingerprint density at radius 2 is 1.86 bits per heavy atom. The van der Waals surface area contributed by atoms with Crippen LogP contribution in [0.4, 0.5) is 0 Å². The molecule has 3 amide bonds. The van der Waals surface area contributed by atoms with Gasteiger partial charge in [-0.25, -0.2) is 0 Å². The van der Waals surface area contributed by atoms with Gasteiger partial charge in [0.2, 0.25) is 5.91 Å². The Kier molecular flexibility index (Phi) is 5.15. The SMILES string of the molecule is Cl.O=C(CN1C(=O)c2ccccc2C1=O)NCC1CCCN1. The van der Waals surface area contributed by atoms with E-state index >= 15 is 0 Å². The molecule has 2 aliphatic heterocycles. The summed E-state index contributed by atoms with van der Waals surface area (Å²) in [5, 5.41) is 6.05. The van der Waals surface area contributed by atoms with Gasteiger partial charge in [-0.3, -0.25) is 19.3 Å².